The van der Waals surface area contributed by atoms with Crippen LogP contribution in [0.5, 0.6) is 0 Å². The van der Waals surface area contributed by atoms with Gasteiger partial charge in [-0.1, -0.05) is 56.9 Å². The van der Waals surface area contributed by atoms with Crippen LogP contribution in [0.1, 0.15) is 70.3 Å². The topological polar surface area (TPSA) is 0 Å². The Hall–Kier alpha value is -0.596. The predicted octanol–water partition coefficient (Wildman–Crippen LogP) is 7.99. The van der Waals surface area contributed by atoms with Crippen LogP contribution in [0.25, 0.3) is 11.1 Å². The van der Waals surface area contributed by atoms with Crippen LogP contribution in [0, 0.1) is 41.4 Å². The Kier molecular flexibility index (Phi) is 9.08. The molecular formula is C27H33F2Y-. The smallest absolute Gasteiger partial charge is 0.0142 e. The summed E-state index contributed by atoms with van der Waals surface area (Å²) in [6, 6.07) is 12.9. The van der Waals surface area contributed by atoms with E-state index < -0.39 is 11.6 Å². The molecule has 159 valence electrons. The second-order valence-electron chi connectivity index (χ2n) is 9.60. The molecule has 3 heteroatoms. The van der Waals surface area contributed by atoms with E-state index >= 15 is 0 Å². The van der Waals surface area contributed by atoms with E-state index in [-0.39, 0.29) is 32.7 Å². The molecule has 2 aliphatic rings. The number of benzene rings is 2. The Labute approximate surface area is 206 Å². The average molecular weight is 484 g/mol. The molecule has 0 N–H and O–H groups in total. The van der Waals surface area contributed by atoms with Crippen LogP contribution in [-0.4, -0.2) is 0 Å². The summed E-state index contributed by atoms with van der Waals surface area (Å²) in [6.07, 6.45) is 13.9. The van der Waals surface area contributed by atoms with Crippen molar-refractivity contribution in [3.05, 3.63) is 59.7 Å². The van der Waals surface area contributed by atoms with Gasteiger partial charge in [0.1, 0.15) is 0 Å². The van der Waals surface area contributed by atoms with Crippen molar-refractivity contribution in [1.29, 1.82) is 0 Å². The van der Waals surface area contributed by atoms with Crippen molar-refractivity contribution in [1.82, 2.24) is 0 Å². The van der Waals surface area contributed by atoms with Crippen LogP contribution in [0.3, 0.4) is 0 Å². The molecule has 0 spiro atoms. The molecule has 2 aromatic rings. The quantitative estimate of drug-likeness (QED) is 0.377. The average Bonchev–Trinajstić information content (AvgIpc) is 2.73. The minimum atomic E-state index is -0.651. The standard InChI is InChI=1S/C27H33F2.Y/c1-19-2-10-22(11-3-19)23-12-6-20(7-13-23)4-5-21-8-14-24(15-9-21)25-16-26(28)18-27(29)17-25;/h8-9,14-17,19-20,22-23H,2-7,10-13H2,1H3;/q-1;. The fourth-order valence-corrected chi connectivity index (χ4v) is 5.61. The number of hydrogen-bond donors (Lipinski definition) is 0. The molecule has 2 aromatic carbocycles. The summed E-state index contributed by atoms with van der Waals surface area (Å²) in [7, 11) is 0. The van der Waals surface area contributed by atoms with E-state index in [2.05, 4.69) is 19.1 Å². The third kappa shape index (κ3) is 6.45. The first-order valence-electron chi connectivity index (χ1n) is 11.5. The molecule has 0 atom stereocenters. The first kappa shape index (κ1) is 24.1. The molecule has 0 aliphatic heterocycles. The Morgan fingerprint density at radius 1 is 0.767 bits per heavy atom. The summed E-state index contributed by atoms with van der Waals surface area (Å²) in [4.78, 5) is 0. The van der Waals surface area contributed by atoms with Crippen LogP contribution in [-0.2, 0) is 39.1 Å². The molecule has 4 rings (SSSR count). The molecule has 0 nitrogen and oxygen atoms in total. The van der Waals surface area contributed by atoms with Crippen molar-refractivity contribution in [2.24, 2.45) is 23.7 Å². The van der Waals surface area contributed by atoms with Gasteiger partial charge in [-0.2, -0.15) is 0 Å². The molecule has 0 amide bonds. The molecule has 0 bridgehead atoms. The van der Waals surface area contributed by atoms with E-state index in [9.17, 15) is 8.78 Å². The van der Waals surface area contributed by atoms with Crippen LogP contribution in [0.4, 0.5) is 8.78 Å². The Morgan fingerprint density at radius 3 is 1.87 bits per heavy atom. The normalized spacial score (nSPS) is 26.8. The summed E-state index contributed by atoms with van der Waals surface area (Å²) in [5.74, 6) is 2.50. The molecule has 0 heterocycles. The van der Waals surface area contributed by atoms with E-state index in [1.807, 2.05) is 18.2 Å². The maximum absolute atomic E-state index is 13.4. The molecular weight excluding hydrogens is 451 g/mol. The van der Waals surface area contributed by atoms with Crippen molar-refractivity contribution in [3.63, 3.8) is 0 Å². The molecule has 0 aromatic heterocycles. The Balaban J connectivity index is 0.00000256. The first-order chi connectivity index (χ1) is 14.1. The number of rotatable bonds is 5. The fourth-order valence-electron chi connectivity index (χ4n) is 5.61. The van der Waals surface area contributed by atoms with Crippen molar-refractivity contribution in [3.8, 4) is 11.1 Å². The van der Waals surface area contributed by atoms with E-state index in [0.717, 1.165) is 35.7 Å². The van der Waals surface area contributed by atoms with Gasteiger partial charge in [0.25, 0.3) is 0 Å². The Bertz CT molecular complexity index is 765. The largest absolute Gasteiger partial charge is 0.236 e. The van der Waals surface area contributed by atoms with Gasteiger partial charge in [0.2, 0.25) is 0 Å². The van der Waals surface area contributed by atoms with Gasteiger partial charge in [-0.15, -0.1) is 23.8 Å². The summed E-state index contributed by atoms with van der Waals surface area (Å²) in [6.45, 7) is 2.41. The van der Waals surface area contributed by atoms with Crippen LogP contribution < -0.4 is 0 Å². The SMILES string of the molecule is CC1CCC(C2CCC(CCc3ccc(-c4cc(F)[c-]c(F)c4)cc3)CC2)CC1.[Y]. The molecule has 2 aliphatic carbocycles. The minimum Gasteiger partial charge on any atom is -0.236 e. The van der Waals surface area contributed by atoms with Gasteiger partial charge in [0.15, 0.2) is 0 Å². The number of hydrogen-bond acceptors (Lipinski definition) is 0. The second kappa shape index (κ2) is 11.3. The summed E-state index contributed by atoms with van der Waals surface area (Å²) in [5, 5.41) is 0. The second-order valence-corrected chi connectivity index (χ2v) is 9.60. The zero-order valence-electron chi connectivity index (χ0n) is 18.2. The number of halogens is 2. The van der Waals surface area contributed by atoms with Crippen molar-refractivity contribution < 1.29 is 41.5 Å². The van der Waals surface area contributed by atoms with Crippen LogP contribution >= 0.6 is 0 Å². The first-order valence-corrected chi connectivity index (χ1v) is 11.5. The van der Waals surface area contributed by atoms with Crippen molar-refractivity contribution in [2.75, 3.05) is 0 Å². The summed E-state index contributed by atoms with van der Waals surface area (Å²) in [5.41, 5.74) is 2.74. The zero-order chi connectivity index (χ0) is 20.2. The van der Waals surface area contributed by atoms with Gasteiger partial charge in [-0.25, -0.2) is 8.78 Å². The third-order valence-corrected chi connectivity index (χ3v) is 7.55. The maximum Gasteiger partial charge on any atom is 0.0142 e. The van der Waals surface area contributed by atoms with Crippen molar-refractivity contribution >= 4 is 0 Å². The molecule has 2 fully saturated rings. The van der Waals surface area contributed by atoms with Crippen LogP contribution in [0.15, 0.2) is 36.4 Å². The maximum atomic E-state index is 13.4. The van der Waals surface area contributed by atoms with E-state index in [0.29, 0.717) is 5.56 Å². The molecule has 2 saturated carbocycles. The van der Waals surface area contributed by atoms with Gasteiger partial charge in [0, 0.05) is 44.3 Å². The van der Waals surface area contributed by atoms with Gasteiger partial charge in [-0.3, -0.25) is 0 Å². The van der Waals surface area contributed by atoms with E-state index in [4.69, 9.17) is 0 Å². The minimum absolute atomic E-state index is 0. The van der Waals surface area contributed by atoms with E-state index in [1.54, 1.807) is 0 Å². The van der Waals surface area contributed by atoms with Gasteiger partial charge < -0.3 is 0 Å². The van der Waals surface area contributed by atoms with Crippen molar-refractivity contribution in [2.45, 2.75) is 71.1 Å². The molecule has 1 radical (unpaired) electrons. The molecule has 0 unspecified atom stereocenters. The monoisotopic (exact) mass is 484 g/mol. The number of aryl methyl sites for hydroxylation is 1. The van der Waals surface area contributed by atoms with Crippen LogP contribution in [0.2, 0.25) is 0 Å². The third-order valence-electron chi connectivity index (χ3n) is 7.55. The van der Waals surface area contributed by atoms with E-state index in [1.165, 1.54) is 75.5 Å². The summed E-state index contributed by atoms with van der Waals surface area (Å²) >= 11 is 0. The fraction of sp³-hybridized carbons (Fsp3) is 0.556. The molecule has 0 saturated heterocycles. The predicted molar refractivity (Wildman–Crippen MR) is 116 cm³/mol. The molecule has 30 heavy (non-hydrogen) atoms. The zero-order valence-corrected chi connectivity index (χ0v) is 21.0. The summed E-state index contributed by atoms with van der Waals surface area (Å²) < 4.78 is 26.8. The Morgan fingerprint density at radius 2 is 1.30 bits per heavy atom. The van der Waals surface area contributed by atoms with Gasteiger partial charge in [0.05, 0.1) is 0 Å². The van der Waals surface area contributed by atoms with Gasteiger partial charge in [-0.05, 0) is 73.3 Å². The van der Waals surface area contributed by atoms with Gasteiger partial charge >= 0.3 is 0 Å².